The third kappa shape index (κ3) is 2.58. The van der Waals surface area contributed by atoms with Crippen molar-refractivity contribution >= 4 is 17.8 Å². The van der Waals surface area contributed by atoms with E-state index in [4.69, 9.17) is 9.52 Å². The van der Waals surface area contributed by atoms with Crippen molar-refractivity contribution in [2.45, 2.75) is 31.7 Å². The lowest BCUT2D eigenvalue weighted by molar-refractivity contribution is -0.149. The smallest absolute Gasteiger partial charge is 0.319 e. The number of hydrogen-bond donors (Lipinski definition) is 2. The van der Waals surface area contributed by atoms with Crippen LogP contribution in [0.2, 0.25) is 0 Å². The Morgan fingerprint density at radius 3 is 2.45 bits per heavy atom. The molecule has 2 heterocycles. The van der Waals surface area contributed by atoms with Gasteiger partial charge in [-0.2, -0.15) is 0 Å². The molecule has 3 rings (SSSR count). The molecular formula is C15H18N2O5. The van der Waals surface area contributed by atoms with Crippen LogP contribution in [0.15, 0.2) is 22.8 Å². The van der Waals surface area contributed by atoms with E-state index >= 15 is 0 Å². The number of nitrogens with zero attached hydrogens (tertiary/aromatic N) is 1. The Bertz CT molecular complexity index is 583. The Morgan fingerprint density at radius 1 is 1.27 bits per heavy atom. The van der Waals surface area contributed by atoms with Crippen molar-refractivity contribution in [1.82, 2.24) is 10.2 Å². The van der Waals surface area contributed by atoms with E-state index in [1.807, 2.05) is 0 Å². The molecule has 0 spiro atoms. The van der Waals surface area contributed by atoms with Gasteiger partial charge in [-0.25, -0.2) is 0 Å². The van der Waals surface area contributed by atoms with Crippen LogP contribution in [0.5, 0.6) is 0 Å². The number of piperidine rings is 1. The van der Waals surface area contributed by atoms with Crippen LogP contribution in [0.4, 0.5) is 0 Å². The Hall–Kier alpha value is -2.31. The summed E-state index contributed by atoms with van der Waals surface area (Å²) in [4.78, 5) is 37.0. The molecule has 7 heteroatoms. The highest BCUT2D eigenvalue weighted by Gasteiger charge is 2.57. The summed E-state index contributed by atoms with van der Waals surface area (Å²) in [6, 6.07) is 3.21. The highest BCUT2D eigenvalue weighted by atomic mass is 16.4. The van der Waals surface area contributed by atoms with Crippen LogP contribution < -0.4 is 5.32 Å². The molecule has 2 N–H and O–H groups in total. The number of carboxylic acids is 1. The molecule has 1 aromatic heterocycles. The van der Waals surface area contributed by atoms with E-state index in [1.165, 1.54) is 6.26 Å². The fourth-order valence-corrected chi connectivity index (χ4v) is 2.77. The standard InChI is InChI=1S/C15H18N2O5/c18-12(11-2-1-9-22-11)17-7-3-10(4-8-17)16-13(19)15(5-6-15)14(20)21/h1-2,9-10H,3-8H2,(H,16,19)(H,20,21). The van der Waals surface area contributed by atoms with Gasteiger partial charge >= 0.3 is 5.97 Å². The highest BCUT2D eigenvalue weighted by molar-refractivity contribution is 6.04. The fraction of sp³-hybridized carbons (Fsp3) is 0.533. The largest absolute Gasteiger partial charge is 0.480 e. The van der Waals surface area contributed by atoms with Crippen molar-refractivity contribution in [1.29, 1.82) is 0 Å². The van der Waals surface area contributed by atoms with Crippen LogP contribution in [0.25, 0.3) is 0 Å². The first-order valence-corrected chi connectivity index (χ1v) is 7.40. The van der Waals surface area contributed by atoms with Crippen molar-refractivity contribution in [3.8, 4) is 0 Å². The number of aliphatic carboxylic acids is 1. The first-order chi connectivity index (χ1) is 10.5. The number of furan rings is 1. The van der Waals surface area contributed by atoms with Gasteiger partial charge in [0.25, 0.3) is 5.91 Å². The zero-order valence-corrected chi connectivity index (χ0v) is 12.1. The van der Waals surface area contributed by atoms with Gasteiger partial charge in [0.05, 0.1) is 6.26 Å². The summed E-state index contributed by atoms with van der Waals surface area (Å²) in [6.45, 7) is 1.04. The minimum atomic E-state index is -1.21. The van der Waals surface area contributed by atoms with Crippen molar-refractivity contribution in [2.75, 3.05) is 13.1 Å². The Kier molecular flexibility index (Phi) is 3.64. The zero-order chi connectivity index (χ0) is 15.7. The maximum Gasteiger partial charge on any atom is 0.319 e. The molecule has 0 atom stereocenters. The Labute approximate surface area is 127 Å². The van der Waals surface area contributed by atoms with Crippen LogP contribution in [0, 0.1) is 5.41 Å². The van der Waals surface area contributed by atoms with Crippen molar-refractivity contribution in [2.24, 2.45) is 5.41 Å². The van der Waals surface area contributed by atoms with Crippen molar-refractivity contribution < 1.29 is 23.9 Å². The van der Waals surface area contributed by atoms with Gasteiger partial charge in [0.1, 0.15) is 5.41 Å². The first kappa shape index (κ1) is 14.6. The maximum absolute atomic E-state index is 12.1. The summed E-state index contributed by atoms with van der Waals surface area (Å²) in [5.74, 6) is -1.28. The van der Waals surface area contributed by atoms with Crippen LogP contribution in [-0.4, -0.2) is 46.9 Å². The molecule has 1 saturated carbocycles. The molecule has 2 amide bonds. The van der Waals surface area contributed by atoms with Crippen LogP contribution >= 0.6 is 0 Å². The Balaban J connectivity index is 1.51. The summed E-state index contributed by atoms with van der Waals surface area (Å²) in [5.41, 5.74) is -1.21. The molecule has 22 heavy (non-hydrogen) atoms. The predicted octanol–water partition coefficient (Wildman–Crippen LogP) is 0.865. The summed E-state index contributed by atoms with van der Waals surface area (Å²) in [5, 5.41) is 11.9. The van der Waals surface area contributed by atoms with Crippen LogP contribution in [0.3, 0.4) is 0 Å². The summed E-state index contributed by atoms with van der Waals surface area (Å²) >= 11 is 0. The first-order valence-electron chi connectivity index (χ1n) is 7.40. The SMILES string of the molecule is O=C(c1ccco1)N1CCC(NC(=O)C2(C(=O)O)CC2)CC1. The molecule has 118 valence electrons. The lowest BCUT2D eigenvalue weighted by Gasteiger charge is -2.32. The summed E-state index contributed by atoms with van der Waals surface area (Å²) < 4.78 is 5.09. The van der Waals surface area contributed by atoms with E-state index in [0.717, 1.165) is 0 Å². The van der Waals surface area contributed by atoms with Gasteiger partial charge in [0.15, 0.2) is 5.76 Å². The molecule has 0 aromatic carbocycles. The minimum absolute atomic E-state index is 0.0787. The monoisotopic (exact) mass is 306 g/mol. The van der Waals surface area contributed by atoms with E-state index in [1.54, 1.807) is 17.0 Å². The number of carbonyl (C=O) groups is 3. The molecular weight excluding hydrogens is 288 g/mol. The van der Waals surface area contributed by atoms with Crippen LogP contribution in [-0.2, 0) is 9.59 Å². The third-order valence-corrected chi connectivity index (χ3v) is 4.44. The van der Waals surface area contributed by atoms with E-state index in [-0.39, 0.29) is 11.9 Å². The van der Waals surface area contributed by atoms with Gasteiger partial charge < -0.3 is 19.7 Å². The molecule has 2 aliphatic rings. The van der Waals surface area contributed by atoms with Gasteiger partial charge in [-0.3, -0.25) is 14.4 Å². The molecule has 2 fully saturated rings. The van der Waals surface area contributed by atoms with E-state index < -0.39 is 17.3 Å². The van der Waals surface area contributed by atoms with Gasteiger partial charge in [-0.15, -0.1) is 0 Å². The minimum Gasteiger partial charge on any atom is -0.480 e. The fourth-order valence-electron chi connectivity index (χ4n) is 2.77. The number of carbonyl (C=O) groups excluding carboxylic acids is 2. The molecule has 1 aliphatic carbocycles. The lowest BCUT2D eigenvalue weighted by atomic mass is 10.0. The van der Waals surface area contributed by atoms with E-state index in [2.05, 4.69) is 5.32 Å². The summed E-state index contributed by atoms with van der Waals surface area (Å²) in [7, 11) is 0. The zero-order valence-electron chi connectivity index (χ0n) is 12.1. The molecule has 1 saturated heterocycles. The average Bonchev–Trinajstić information content (AvgIpc) is 3.16. The Morgan fingerprint density at radius 2 is 1.95 bits per heavy atom. The second kappa shape index (κ2) is 5.47. The third-order valence-electron chi connectivity index (χ3n) is 4.44. The number of carboxylic acid groups (broad SMARTS) is 1. The number of amides is 2. The number of rotatable bonds is 4. The van der Waals surface area contributed by atoms with Gasteiger partial charge in [0.2, 0.25) is 5.91 Å². The van der Waals surface area contributed by atoms with E-state index in [9.17, 15) is 14.4 Å². The lowest BCUT2D eigenvalue weighted by Crippen LogP contribution is -2.49. The average molecular weight is 306 g/mol. The number of nitrogens with one attached hydrogen (secondary N) is 1. The van der Waals surface area contributed by atoms with Gasteiger partial charge in [0, 0.05) is 19.1 Å². The molecule has 0 unspecified atom stereocenters. The quantitative estimate of drug-likeness (QED) is 0.804. The molecule has 1 aromatic rings. The summed E-state index contributed by atoms with van der Waals surface area (Å²) in [6.07, 6.45) is 3.51. The molecule has 0 radical (unpaired) electrons. The second-order valence-corrected chi connectivity index (χ2v) is 5.90. The topological polar surface area (TPSA) is 99.9 Å². The van der Waals surface area contributed by atoms with Crippen molar-refractivity contribution in [3.63, 3.8) is 0 Å². The normalized spacial score (nSPS) is 20.5. The number of likely N-dealkylation sites (tertiary alicyclic amines) is 1. The van der Waals surface area contributed by atoms with Gasteiger partial charge in [-0.05, 0) is 37.8 Å². The van der Waals surface area contributed by atoms with Gasteiger partial charge in [-0.1, -0.05) is 0 Å². The predicted molar refractivity (Wildman–Crippen MR) is 75.1 cm³/mol. The highest BCUT2D eigenvalue weighted by Crippen LogP contribution is 2.46. The second-order valence-electron chi connectivity index (χ2n) is 5.90. The van der Waals surface area contributed by atoms with E-state index in [0.29, 0.717) is 44.5 Å². The molecule has 1 aliphatic heterocycles. The molecule has 0 bridgehead atoms. The molecule has 7 nitrogen and oxygen atoms in total. The maximum atomic E-state index is 12.1. The number of hydrogen-bond acceptors (Lipinski definition) is 4. The van der Waals surface area contributed by atoms with Crippen molar-refractivity contribution in [3.05, 3.63) is 24.2 Å². The van der Waals surface area contributed by atoms with Crippen LogP contribution in [0.1, 0.15) is 36.2 Å².